The van der Waals surface area contributed by atoms with Crippen LogP contribution >= 0.6 is 23.4 Å². The Bertz CT molecular complexity index is 535. The van der Waals surface area contributed by atoms with Gasteiger partial charge in [0.15, 0.2) is 0 Å². The molecule has 0 bridgehead atoms. The van der Waals surface area contributed by atoms with E-state index in [9.17, 15) is 8.42 Å². The molecular formula is C13H21ClN2O2S2. The molecule has 0 spiro atoms. The molecule has 114 valence electrons. The molecule has 4 nitrogen and oxygen atoms in total. The highest BCUT2D eigenvalue weighted by molar-refractivity contribution is 7.99. The number of hydrogen-bond donors (Lipinski definition) is 2. The predicted octanol–water partition coefficient (Wildman–Crippen LogP) is 2.48. The number of sulfonamides is 1. The molecule has 0 aliphatic rings. The maximum absolute atomic E-state index is 12.2. The van der Waals surface area contributed by atoms with Crippen molar-refractivity contribution >= 4 is 33.4 Å². The summed E-state index contributed by atoms with van der Waals surface area (Å²) in [5.41, 5.74) is 0.773. The van der Waals surface area contributed by atoms with E-state index in [4.69, 9.17) is 11.6 Å². The smallest absolute Gasteiger partial charge is 0.240 e. The molecule has 0 aromatic heterocycles. The fraction of sp³-hybridized carbons (Fsp3) is 0.538. The van der Waals surface area contributed by atoms with Gasteiger partial charge in [0.2, 0.25) is 10.0 Å². The Hall–Kier alpha value is -0.270. The first-order valence-electron chi connectivity index (χ1n) is 6.36. The number of hydrogen-bond acceptors (Lipinski definition) is 4. The van der Waals surface area contributed by atoms with Crippen LogP contribution in [0.15, 0.2) is 23.1 Å². The Labute approximate surface area is 130 Å². The first-order chi connectivity index (χ1) is 9.40. The Morgan fingerprint density at radius 2 is 2.10 bits per heavy atom. The Kier molecular flexibility index (Phi) is 7.33. The van der Waals surface area contributed by atoms with Gasteiger partial charge >= 0.3 is 0 Å². The van der Waals surface area contributed by atoms with Gasteiger partial charge in [0.1, 0.15) is 0 Å². The van der Waals surface area contributed by atoms with Crippen LogP contribution in [0.1, 0.15) is 18.9 Å². The second-order valence-corrected chi connectivity index (χ2v) is 7.97. The lowest BCUT2D eigenvalue weighted by Gasteiger charge is -2.11. The summed E-state index contributed by atoms with van der Waals surface area (Å²) in [6.07, 6.45) is 2.82. The summed E-state index contributed by atoms with van der Waals surface area (Å²) in [4.78, 5) is 0.254. The van der Waals surface area contributed by atoms with Gasteiger partial charge < -0.3 is 5.32 Å². The first kappa shape index (κ1) is 17.8. The summed E-state index contributed by atoms with van der Waals surface area (Å²) >= 11 is 7.75. The average molecular weight is 337 g/mol. The topological polar surface area (TPSA) is 58.2 Å². The Morgan fingerprint density at radius 1 is 1.40 bits per heavy atom. The van der Waals surface area contributed by atoms with Crippen LogP contribution in [0.3, 0.4) is 0 Å². The monoisotopic (exact) mass is 336 g/mol. The van der Waals surface area contributed by atoms with E-state index in [2.05, 4.69) is 17.0 Å². The van der Waals surface area contributed by atoms with Gasteiger partial charge in [-0.1, -0.05) is 18.5 Å². The second kappa shape index (κ2) is 8.24. The van der Waals surface area contributed by atoms with Crippen molar-refractivity contribution < 1.29 is 8.42 Å². The molecule has 20 heavy (non-hydrogen) atoms. The van der Waals surface area contributed by atoms with E-state index in [1.54, 1.807) is 30.9 Å². The van der Waals surface area contributed by atoms with Crippen molar-refractivity contribution in [1.29, 1.82) is 0 Å². The van der Waals surface area contributed by atoms with Crippen LogP contribution in [0.25, 0.3) is 0 Å². The summed E-state index contributed by atoms with van der Waals surface area (Å²) in [6, 6.07) is 4.76. The van der Waals surface area contributed by atoms with E-state index in [0.29, 0.717) is 23.4 Å². The summed E-state index contributed by atoms with van der Waals surface area (Å²) in [6.45, 7) is 3.05. The normalized spacial score (nSPS) is 13.4. The number of halogens is 1. The minimum atomic E-state index is -3.47. The summed E-state index contributed by atoms with van der Waals surface area (Å²) in [5, 5.41) is 3.96. The highest BCUT2D eigenvalue weighted by Gasteiger charge is 2.15. The maximum Gasteiger partial charge on any atom is 0.240 e. The van der Waals surface area contributed by atoms with Crippen LogP contribution in [-0.2, 0) is 16.6 Å². The fourth-order valence-electron chi connectivity index (χ4n) is 1.64. The van der Waals surface area contributed by atoms with Crippen molar-refractivity contribution in [2.75, 3.05) is 19.8 Å². The van der Waals surface area contributed by atoms with Crippen LogP contribution < -0.4 is 10.0 Å². The number of rotatable bonds is 8. The van der Waals surface area contributed by atoms with Gasteiger partial charge in [-0.25, -0.2) is 13.1 Å². The predicted molar refractivity (Wildman–Crippen MR) is 87.0 cm³/mol. The van der Waals surface area contributed by atoms with E-state index in [-0.39, 0.29) is 4.90 Å². The van der Waals surface area contributed by atoms with Crippen LogP contribution in [0.5, 0.6) is 0 Å². The molecule has 0 heterocycles. The molecule has 0 saturated heterocycles. The van der Waals surface area contributed by atoms with Gasteiger partial charge in [0.05, 0.1) is 4.90 Å². The zero-order chi connectivity index (χ0) is 15.2. The third-order valence-electron chi connectivity index (χ3n) is 2.94. The highest BCUT2D eigenvalue weighted by Crippen LogP contribution is 2.20. The molecule has 0 saturated carbocycles. The lowest BCUT2D eigenvalue weighted by Crippen LogP contribution is -2.26. The minimum absolute atomic E-state index is 0.254. The standard InChI is InChI=1S/C13H21ClN2O2S2/c1-10(19-3)6-7-16-20(17,18)12-4-5-13(14)11(8-12)9-15-2/h4-5,8,10,15-16H,6-7,9H2,1-3H3. The quantitative estimate of drug-likeness (QED) is 0.765. The van der Waals surface area contributed by atoms with Crippen molar-refractivity contribution in [2.45, 2.75) is 30.0 Å². The molecule has 1 unspecified atom stereocenters. The summed E-state index contributed by atoms with van der Waals surface area (Å²) in [7, 11) is -1.68. The molecule has 2 N–H and O–H groups in total. The molecule has 1 atom stereocenters. The maximum atomic E-state index is 12.2. The third-order valence-corrected chi connectivity index (χ3v) is 5.81. The van der Waals surface area contributed by atoms with Gasteiger partial charge in [-0.15, -0.1) is 0 Å². The molecule has 0 fully saturated rings. The van der Waals surface area contributed by atoms with Crippen LogP contribution in [0.4, 0.5) is 0 Å². The molecule has 0 radical (unpaired) electrons. The zero-order valence-electron chi connectivity index (χ0n) is 11.9. The third kappa shape index (κ3) is 5.26. The van der Waals surface area contributed by atoms with Gasteiger partial charge in [-0.2, -0.15) is 11.8 Å². The second-order valence-electron chi connectivity index (χ2n) is 4.52. The van der Waals surface area contributed by atoms with Gasteiger partial charge in [-0.05, 0) is 43.5 Å². The summed E-state index contributed by atoms with van der Waals surface area (Å²) in [5.74, 6) is 0. The molecule has 1 aromatic rings. The number of thioether (sulfide) groups is 1. The largest absolute Gasteiger partial charge is 0.316 e. The highest BCUT2D eigenvalue weighted by atomic mass is 35.5. The van der Waals surface area contributed by atoms with Crippen molar-refractivity contribution in [1.82, 2.24) is 10.0 Å². The first-order valence-corrected chi connectivity index (χ1v) is 9.51. The fourth-order valence-corrected chi connectivity index (χ4v) is 3.28. The van der Waals surface area contributed by atoms with E-state index in [1.807, 2.05) is 6.26 Å². The lowest BCUT2D eigenvalue weighted by molar-refractivity contribution is 0.578. The molecule has 0 amide bonds. The van der Waals surface area contributed by atoms with Gasteiger partial charge in [0, 0.05) is 23.4 Å². The van der Waals surface area contributed by atoms with Crippen molar-refractivity contribution in [3.63, 3.8) is 0 Å². The Morgan fingerprint density at radius 3 is 2.70 bits per heavy atom. The van der Waals surface area contributed by atoms with Gasteiger partial charge in [0.25, 0.3) is 0 Å². The molecule has 1 aromatic carbocycles. The zero-order valence-corrected chi connectivity index (χ0v) is 14.3. The van der Waals surface area contributed by atoms with Crippen molar-refractivity contribution in [3.05, 3.63) is 28.8 Å². The van der Waals surface area contributed by atoms with Crippen molar-refractivity contribution in [3.8, 4) is 0 Å². The lowest BCUT2D eigenvalue weighted by atomic mass is 10.2. The van der Waals surface area contributed by atoms with E-state index < -0.39 is 10.0 Å². The molecular weight excluding hydrogens is 316 g/mol. The molecule has 0 aliphatic carbocycles. The number of nitrogens with one attached hydrogen (secondary N) is 2. The molecule has 0 aliphatic heterocycles. The SMILES string of the molecule is CNCc1cc(S(=O)(=O)NCCC(C)SC)ccc1Cl. The van der Waals surface area contributed by atoms with E-state index >= 15 is 0 Å². The number of benzene rings is 1. The van der Waals surface area contributed by atoms with Crippen LogP contribution in [0, 0.1) is 0 Å². The van der Waals surface area contributed by atoms with Crippen molar-refractivity contribution in [2.24, 2.45) is 0 Å². The van der Waals surface area contributed by atoms with Crippen LogP contribution in [-0.4, -0.2) is 33.5 Å². The van der Waals surface area contributed by atoms with Crippen LogP contribution in [0.2, 0.25) is 5.02 Å². The van der Waals surface area contributed by atoms with Gasteiger partial charge in [-0.3, -0.25) is 0 Å². The summed E-state index contributed by atoms with van der Waals surface area (Å²) < 4.78 is 27.0. The van der Waals surface area contributed by atoms with E-state index in [0.717, 1.165) is 12.0 Å². The molecule has 7 heteroatoms. The molecule has 1 rings (SSSR count). The van der Waals surface area contributed by atoms with E-state index in [1.165, 1.54) is 6.07 Å². The average Bonchev–Trinajstić information content (AvgIpc) is 2.40. The minimum Gasteiger partial charge on any atom is -0.316 e. The Balaban J connectivity index is 2.79.